The fourth-order valence-electron chi connectivity index (χ4n) is 2.45. The highest BCUT2D eigenvalue weighted by Gasteiger charge is 2.19. The Morgan fingerprint density at radius 3 is 2.71 bits per heavy atom. The van der Waals surface area contributed by atoms with E-state index in [2.05, 4.69) is 59.0 Å². The Kier molecular flexibility index (Phi) is 5.61. The maximum Gasteiger partial charge on any atom is 0.195 e. The Morgan fingerprint density at radius 1 is 1.33 bits per heavy atom. The van der Waals surface area contributed by atoms with Gasteiger partial charge in [-0.25, -0.2) is 4.98 Å². The Hall–Kier alpha value is -1.11. The van der Waals surface area contributed by atoms with Crippen LogP contribution in [0.2, 0.25) is 0 Å². The van der Waals surface area contributed by atoms with E-state index in [1.165, 1.54) is 5.69 Å². The number of nitrogens with one attached hydrogen (secondary N) is 1. The van der Waals surface area contributed by atoms with E-state index in [1.54, 1.807) is 11.3 Å². The van der Waals surface area contributed by atoms with Crippen molar-refractivity contribution in [3.63, 3.8) is 0 Å². The molecule has 2 aromatic heterocycles. The molecule has 0 aliphatic heterocycles. The van der Waals surface area contributed by atoms with Gasteiger partial charge in [0.25, 0.3) is 0 Å². The van der Waals surface area contributed by atoms with E-state index in [9.17, 15) is 0 Å². The molecule has 1 N–H and O–H groups in total. The van der Waals surface area contributed by atoms with Crippen molar-refractivity contribution in [2.45, 2.75) is 20.4 Å². The number of thiazole rings is 1. The number of anilines is 1. The van der Waals surface area contributed by atoms with Crippen molar-refractivity contribution < 1.29 is 0 Å². The molecule has 0 aromatic carbocycles. The molecule has 118 valence electrons. The first-order valence-corrected chi connectivity index (χ1v) is 8.39. The molecule has 0 aliphatic carbocycles. The van der Waals surface area contributed by atoms with Gasteiger partial charge in [0, 0.05) is 37.8 Å². The lowest BCUT2D eigenvalue weighted by Gasteiger charge is -2.27. The maximum atomic E-state index is 4.87. The number of rotatable bonds is 8. The maximum absolute atomic E-state index is 4.87. The van der Waals surface area contributed by atoms with Crippen molar-refractivity contribution in [1.82, 2.24) is 19.6 Å². The summed E-state index contributed by atoms with van der Waals surface area (Å²) >= 11 is 1.70. The summed E-state index contributed by atoms with van der Waals surface area (Å²) in [5, 5.41) is 5.37. The van der Waals surface area contributed by atoms with Crippen LogP contribution in [0.4, 0.5) is 5.82 Å². The summed E-state index contributed by atoms with van der Waals surface area (Å²) in [6.45, 7) is 8.44. The minimum atomic E-state index is 0.620. The van der Waals surface area contributed by atoms with E-state index in [4.69, 9.17) is 4.98 Å². The van der Waals surface area contributed by atoms with Crippen LogP contribution in [0.25, 0.3) is 4.96 Å². The van der Waals surface area contributed by atoms with Crippen molar-refractivity contribution in [3.05, 3.63) is 17.3 Å². The molecule has 5 nitrogen and oxygen atoms in total. The Morgan fingerprint density at radius 2 is 2.10 bits per heavy atom. The average Bonchev–Trinajstić information content (AvgIpc) is 2.97. The van der Waals surface area contributed by atoms with Crippen LogP contribution in [0.1, 0.15) is 19.5 Å². The minimum Gasteiger partial charge on any atom is -0.353 e. The Bertz CT molecular complexity index is 557. The van der Waals surface area contributed by atoms with Crippen LogP contribution in [0.3, 0.4) is 0 Å². The molecule has 0 aliphatic rings. The monoisotopic (exact) mass is 309 g/mol. The van der Waals surface area contributed by atoms with E-state index in [0.29, 0.717) is 5.92 Å². The van der Waals surface area contributed by atoms with Crippen molar-refractivity contribution in [3.8, 4) is 0 Å². The van der Waals surface area contributed by atoms with E-state index in [1.807, 2.05) is 7.05 Å². The fourth-order valence-corrected chi connectivity index (χ4v) is 3.18. The SMILES string of the molecule is CNCc1c(N(CCN(C)C)CC(C)C)nc2sccn12. The second kappa shape index (κ2) is 7.24. The predicted molar refractivity (Wildman–Crippen MR) is 91.4 cm³/mol. The zero-order valence-corrected chi connectivity index (χ0v) is 14.6. The molecular weight excluding hydrogens is 282 g/mol. The quantitative estimate of drug-likeness (QED) is 0.810. The molecule has 0 spiro atoms. The van der Waals surface area contributed by atoms with Crippen LogP contribution < -0.4 is 10.2 Å². The lowest BCUT2D eigenvalue weighted by Crippen LogP contribution is -2.35. The summed E-state index contributed by atoms with van der Waals surface area (Å²) in [4.78, 5) is 10.6. The van der Waals surface area contributed by atoms with E-state index in [0.717, 1.165) is 37.0 Å². The van der Waals surface area contributed by atoms with Crippen LogP contribution in [0, 0.1) is 5.92 Å². The van der Waals surface area contributed by atoms with Crippen LogP contribution in [-0.2, 0) is 6.54 Å². The van der Waals surface area contributed by atoms with Gasteiger partial charge in [0.05, 0.1) is 5.69 Å². The number of imidazole rings is 1. The minimum absolute atomic E-state index is 0.620. The number of hydrogen-bond acceptors (Lipinski definition) is 5. The van der Waals surface area contributed by atoms with Gasteiger partial charge < -0.3 is 15.1 Å². The van der Waals surface area contributed by atoms with E-state index in [-0.39, 0.29) is 0 Å². The van der Waals surface area contributed by atoms with Crippen molar-refractivity contribution >= 4 is 22.1 Å². The van der Waals surface area contributed by atoms with Gasteiger partial charge in [0.1, 0.15) is 0 Å². The number of hydrogen-bond donors (Lipinski definition) is 1. The molecule has 0 saturated carbocycles. The highest BCUT2D eigenvalue weighted by Crippen LogP contribution is 2.25. The number of fused-ring (bicyclic) bond motifs is 1. The van der Waals surface area contributed by atoms with Gasteiger partial charge in [0.2, 0.25) is 0 Å². The summed E-state index contributed by atoms with van der Waals surface area (Å²) in [7, 11) is 6.23. The summed E-state index contributed by atoms with van der Waals surface area (Å²) in [5.74, 6) is 1.75. The van der Waals surface area contributed by atoms with Crippen LogP contribution in [0.15, 0.2) is 11.6 Å². The van der Waals surface area contributed by atoms with Crippen molar-refractivity contribution in [2.75, 3.05) is 45.7 Å². The molecule has 21 heavy (non-hydrogen) atoms. The third-order valence-electron chi connectivity index (χ3n) is 3.39. The molecule has 2 heterocycles. The summed E-state index contributed by atoms with van der Waals surface area (Å²) in [5.41, 5.74) is 1.26. The highest BCUT2D eigenvalue weighted by atomic mass is 32.1. The van der Waals surface area contributed by atoms with E-state index >= 15 is 0 Å². The lowest BCUT2D eigenvalue weighted by molar-refractivity contribution is 0.408. The first-order valence-electron chi connectivity index (χ1n) is 7.51. The van der Waals surface area contributed by atoms with Gasteiger partial charge in [-0.1, -0.05) is 13.8 Å². The van der Waals surface area contributed by atoms with Gasteiger partial charge >= 0.3 is 0 Å². The smallest absolute Gasteiger partial charge is 0.195 e. The van der Waals surface area contributed by atoms with Crippen LogP contribution in [0.5, 0.6) is 0 Å². The van der Waals surface area contributed by atoms with Crippen LogP contribution >= 0.6 is 11.3 Å². The molecule has 6 heteroatoms. The first kappa shape index (κ1) is 16.3. The van der Waals surface area contributed by atoms with E-state index < -0.39 is 0 Å². The third-order valence-corrected chi connectivity index (χ3v) is 4.14. The molecule has 0 atom stereocenters. The molecule has 0 radical (unpaired) electrons. The molecular formula is C15H27N5S. The average molecular weight is 309 g/mol. The zero-order chi connectivity index (χ0) is 15.4. The number of nitrogens with zero attached hydrogens (tertiary/aromatic N) is 4. The zero-order valence-electron chi connectivity index (χ0n) is 13.8. The van der Waals surface area contributed by atoms with Crippen molar-refractivity contribution in [1.29, 1.82) is 0 Å². The highest BCUT2D eigenvalue weighted by molar-refractivity contribution is 7.15. The van der Waals surface area contributed by atoms with Crippen LogP contribution in [-0.4, -0.2) is 55.1 Å². The topological polar surface area (TPSA) is 35.8 Å². The molecule has 0 bridgehead atoms. The summed E-state index contributed by atoms with van der Waals surface area (Å²) in [6, 6.07) is 0. The summed E-state index contributed by atoms with van der Waals surface area (Å²) in [6.07, 6.45) is 2.11. The normalized spacial score (nSPS) is 12.0. The molecule has 0 fully saturated rings. The Labute approximate surface area is 131 Å². The molecule has 2 aromatic rings. The van der Waals surface area contributed by atoms with Crippen molar-refractivity contribution in [2.24, 2.45) is 5.92 Å². The third kappa shape index (κ3) is 3.96. The largest absolute Gasteiger partial charge is 0.353 e. The fraction of sp³-hybridized carbons (Fsp3) is 0.667. The predicted octanol–water partition coefficient (Wildman–Crippen LogP) is 2.14. The molecule has 0 saturated heterocycles. The Balaban J connectivity index is 2.32. The van der Waals surface area contributed by atoms with Gasteiger partial charge in [-0.15, -0.1) is 11.3 Å². The summed E-state index contributed by atoms with van der Waals surface area (Å²) < 4.78 is 2.21. The lowest BCUT2D eigenvalue weighted by atomic mass is 10.2. The first-order chi connectivity index (χ1) is 10.0. The number of aromatic nitrogens is 2. The van der Waals surface area contributed by atoms with Gasteiger partial charge in [0.15, 0.2) is 10.8 Å². The van der Waals surface area contributed by atoms with Gasteiger partial charge in [-0.05, 0) is 27.1 Å². The number of likely N-dealkylation sites (N-methyl/N-ethyl adjacent to an activating group) is 1. The second-order valence-corrected chi connectivity index (χ2v) is 6.98. The molecule has 2 rings (SSSR count). The molecule has 0 amide bonds. The standard InChI is InChI=1S/C15H27N5S/c1-12(2)11-19(7-6-18(4)5)14-13(10-16-3)20-8-9-21-15(20)17-14/h8-9,12,16H,6-7,10-11H2,1-5H3. The van der Waals surface area contributed by atoms with Gasteiger partial charge in [-0.2, -0.15) is 0 Å². The second-order valence-electron chi connectivity index (χ2n) is 6.11. The van der Waals surface area contributed by atoms with Gasteiger partial charge in [-0.3, -0.25) is 4.40 Å². The molecule has 0 unspecified atom stereocenters.